The number of nitrogens with zero attached hydrogens (tertiary/aromatic N) is 1. The van der Waals surface area contributed by atoms with E-state index in [1.54, 1.807) is 12.4 Å². The third-order valence-electron chi connectivity index (χ3n) is 4.86. The van der Waals surface area contributed by atoms with Crippen LogP contribution in [0, 0.1) is 0 Å². The third-order valence-corrected chi connectivity index (χ3v) is 4.86. The van der Waals surface area contributed by atoms with Gasteiger partial charge in [-0.25, -0.2) is 0 Å². The van der Waals surface area contributed by atoms with Crippen molar-refractivity contribution < 1.29 is 4.79 Å². The maximum Gasteiger partial charge on any atom is 0.230 e. The van der Waals surface area contributed by atoms with E-state index in [9.17, 15) is 4.79 Å². The normalized spacial score (nSPS) is 23.9. The topological polar surface area (TPSA) is 68.0 Å². The van der Waals surface area contributed by atoms with Crippen LogP contribution in [0.3, 0.4) is 0 Å². The lowest BCUT2D eigenvalue weighted by Gasteiger charge is -2.46. The number of aromatic nitrogens is 1. The maximum absolute atomic E-state index is 12.6. The average molecular weight is 309 g/mol. The minimum atomic E-state index is -0.603. The fraction of sp³-hybridized carbons (Fsp3) is 0.368. The largest absolute Gasteiger partial charge is 0.352 e. The van der Waals surface area contributed by atoms with Gasteiger partial charge in [-0.1, -0.05) is 36.4 Å². The highest BCUT2D eigenvalue weighted by molar-refractivity contribution is 5.87. The second kappa shape index (κ2) is 5.78. The summed E-state index contributed by atoms with van der Waals surface area (Å²) >= 11 is 0. The Kier molecular flexibility index (Phi) is 3.94. The van der Waals surface area contributed by atoms with Gasteiger partial charge >= 0.3 is 0 Å². The molecule has 1 heterocycles. The van der Waals surface area contributed by atoms with Crippen molar-refractivity contribution in [2.45, 2.75) is 43.7 Å². The van der Waals surface area contributed by atoms with Crippen LogP contribution in [0.2, 0.25) is 0 Å². The molecule has 0 radical (unpaired) electrons. The van der Waals surface area contributed by atoms with Crippen LogP contribution >= 0.6 is 0 Å². The molecule has 0 atom stereocenters. The lowest BCUT2D eigenvalue weighted by molar-refractivity contribution is -0.127. The monoisotopic (exact) mass is 309 g/mol. The number of hydrogen-bond acceptors (Lipinski definition) is 3. The van der Waals surface area contributed by atoms with Crippen molar-refractivity contribution in [3.05, 3.63) is 66.0 Å². The van der Waals surface area contributed by atoms with E-state index in [2.05, 4.69) is 22.4 Å². The average Bonchev–Trinajstić information content (AvgIpc) is 2.54. The standard InChI is InChI=1S/C19H23N3O/c1-18(2,15-9-6-10-21-13-15)17(23)22-16-11-19(20,12-16)14-7-4-3-5-8-14/h3-10,13,16H,11-12,20H2,1-2H3,(H,22,23). The van der Waals surface area contributed by atoms with E-state index in [1.807, 2.05) is 44.2 Å². The third kappa shape index (κ3) is 2.99. The van der Waals surface area contributed by atoms with Gasteiger partial charge in [-0.15, -0.1) is 0 Å². The van der Waals surface area contributed by atoms with Crippen LogP contribution in [0.1, 0.15) is 37.8 Å². The molecule has 1 saturated carbocycles. The number of amides is 1. The fourth-order valence-corrected chi connectivity index (χ4v) is 3.16. The first-order chi connectivity index (χ1) is 10.9. The number of hydrogen-bond donors (Lipinski definition) is 2. The molecule has 3 rings (SSSR count). The number of nitrogens with two attached hydrogens (primary N) is 1. The number of rotatable bonds is 4. The zero-order valence-corrected chi connectivity index (χ0v) is 13.6. The van der Waals surface area contributed by atoms with E-state index in [0.717, 1.165) is 24.0 Å². The highest BCUT2D eigenvalue weighted by Crippen LogP contribution is 2.39. The van der Waals surface area contributed by atoms with Gasteiger partial charge in [-0.2, -0.15) is 0 Å². The molecule has 1 fully saturated rings. The molecule has 120 valence electrons. The molecule has 3 N–H and O–H groups in total. The van der Waals surface area contributed by atoms with Gasteiger partial charge in [-0.05, 0) is 43.9 Å². The Morgan fingerprint density at radius 2 is 1.91 bits per heavy atom. The van der Waals surface area contributed by atoms with Gasteiger partial charge in [0.25, 0.3) is 0 Å². The highest BCUT2D eigenvalue weighted by atomic mass is 16.2. The van der Waals surface area contributed by atoms with Crippen LogP contribution in [0.5, 0.6) is 0 Å². The number of nitrogens with one attached hydrogen (secondary N) is 1. The summed E-state index contributed by atoms with van der Waals surface area (Å²) in [6.07, 6.45) is 5.00. The summed E-state index contributed by atoms with van der Waals surface area (Å²) in [4.78, 5) is 16.7. The quantitative estimate of drug-likeness (QED) is 0.912. The Bertz CT molecular complexity index is 676. The van der Waals surface area contributed by atoms with E-state index < -0.39 is 5.41 Å². The molecule has 0 unspecified atom stereocenters. The Labute approximate surface area is 137 Å². The molecular weight excluding hydrogens is 286 g/mol. The lowest BCUT2D eigenvalue weighted by atomic mass is 9.68. The van der Waals surface area contributed by atoms with Crippen LogP contribution in [-0.2, 0) is 15.7 Å². The first-order valence-corrected chi connectivity index (χ1v) is 7.98. The summed E-state index contributed by atoms with van der Waals surface area (Å²) in [7, 11) is 0. The summed E-state index contributed by atoms with van der Waals surface area (Å²) in [5.74, 6) is 0.0191. The SMILES string of the molecule is CC(C)(C(=O)NC1CC(N)(c2ccccc2)C1)c1cccnc1. The van der Waals surface area contributed by atoms with Crippen molar-refractivity contribution in [2.75, 3.05) is 0 Å². The minimum Gasteiger partial charge on any atom is -0.352 e. The first-order valence-electron chi connectivity index (χ1n) is 7.98. The second-order valence-electron chi connectivity index (χ2n) is 6.97. The number of carbonyl (C=O) groups excluding carboxylic acids is 1. The molecule has 0 saturated heterocycles. The van der Waals surface area contributed by atoms with Gasteiger partial charge in [0, 0.05) is 24.0 Å². The Balaban J connectivity index is 1.63. The van der Waals surface area contributed by atoms with Crippen molar-refractivity contribution in [1.82, 2.24) is 10.3 Å². The van der Waals surface area contributed by atoms with Crippen molar-refractivity contribution in [3.8, 4) is 0 Å². The van der Waals surface area contributed by atoms with Gasteiger partial charge in [-0.3, -0.25) is 9.78 Å². The molecule has 1 aliphatic carbocycles. The minimum absolute atomic E-state index is 0.0191. The van der Waals surface area contributed by atoms with Crippen molar-refractivity contribution in [1.29, 1.82) is 0 Å². The second-order valence-corrected chi connectivity index (χ2v) is 6.97. The predicted molar refractivity (Wildman–Crippen MR) is 90.7 cm³/mol. The summed E-state index contributed by atoms with van der Waals surface area (Å²) in [6, 6.07) is 14.0. The summed E-state index contributed by atoms with van der Waals surface area (Å²) < 4.78 is 0. The Hall–Kier alpha value is -2.20. The summed E-state index contributed by atoms with van der Waals surface area (Å²) in [6.45, 7) is 3.84. The van der Waals surface area contributed by atoms with Crippen molar-refractivity contribution >= 4 is 5.91 Å². The van der Waals surface area contributed by atoms with Gasteiger partial charge in [0.05, 0.1) is 5.41 Å². The molecule has 1 aromatic carbocycles. The fourth-order valence-electron chi connectivity index (χ4n) is 3.16. The van der Waals surface area contributed by atoms with E-state index >= 15 is 0 Å². The Morgan fingerprint density at radius 3 is 2.52 bits per heavy atom. The van der Waals surface area contributed by atoms with Crippen LogP contribution < -0.4 is 11.1 Å². The number of pyridine rings is 1. The number of carbonyl (C=O) groups is 1. The van der Waals surface area contributed by atoms with E-state index in [-0.39, 0.29) is 17.5 Å². The van der Waals surface area contributed by atoms with Crippen LogP contribution in [0.15, 0.2) is 54.9 Å². The van der Waals surface area contributed by atoms with Crippen molar-refractivity contribution in [2.24, 2.45) is 5.73 Å². The van der Waals surface area contributed by atoms with Gasteiger partial charge in [0.2, 0.25) is 5.91 Å². The summed E-state index contributed by atoms with van der Waals surface area (Å²) in [5.41, 5.74) is 7.58. The molecule has 0 spiro atoms. The molecule has 2 aromatic rings. The van der Waals surface area contributed by atoms with Gasteiger partial charge in [0.15, 0.2) is 0 Å². The molecular formula is C19H23N3O. The molecule has 4 nitrogen and oxygen atoms in total. The van der Waals surface area contributed by atoms with Crippen LogP contribution in [0.25, 0.3) is 0 Å². The molecule has 1 aromatic heterocycles. The molecule has 0 aliphatic heterocycles. The molecule has 1 aliphatic rings. The zero-order chi connectivity index (χ0) is 16.5. The lowest BCUT2D eigenvalue weighted by Crippen LogP contribution is -2.59. The Morgan fingerprint density at radius 1 is 1.22 bits per heavy atom. The van der Waals surface area contributed by atoms with E-state index in [0.29, 0.717) is 0 Å². The van der Waals surface area contributed by atoms with Crippen molar-refractivity contribution in [3.63, 3.8) is 0 Å². The number of benzene rings is 1. The van der Waals surface area contributed by atoms with Gasteiger partial charge < -0.3 is 11.1 Å². The smallest absolute Gasteiger partial charge is 0.230 e. The van der Waals surface area contributed by atoms with Crippen LogP contribution in [0.4, 0.5) is 0 Å². The maximum atomic E-state index is 12.6. The molecule has 1 amide bonds. The molecule has 23 heavy (non-hydrogen) atoms. The van der Waals surface area contributed by atoms with E-state index in [4.69, 9.17) is 5.73 Å². The van der Waals surface area contributed by atoms with Gasteiger partial charge in [0.1, 0.15) is 0 Å². The molecule has 0 bridgehead atoms. The zero-order valence-electron chi connectivity index (χ0n) is 13.6. The summed E-state index contributed by atoms with van der Waals surface area (Å²) in [5, 5.41) is 3.13. The highest BCUT2D eigenvalue weighted by Gasteiger charge is 2.44. The molecule has 4 heteroatoms. The predicted octanol–water partition coefficient (Wildman–Crippen LogP) is 2.49. The first kappa shape index (κ1) is 15.7. The van der Waals surface area contributed by atoms with Crippen LogP contribution in [-0.4, -0.2) is 16.9 Å². The van der Waals surface area contributed by atoms with E-state index in [1.165, 1.54) is 0 Å².